The van der Waals surface area contributed by atoms with E-state index >= 15 is 0 Å². The Balaban J connectivity index is 2.00. The van der Waals surface area contributed by atoms with Gasteiger partial charge in [0.15, 0.2) is 6.10 Å². The van der Waals surface area contributed by atoms with Crippen molar-refractivity contribution in [3.8, 4) is 0 Å². The highest BCUT2D eigenvalue weighted by molar-refractivity contribution is 5.95. The summed E-state index contributed by atoms with van der Waals surface area (Å²) in [5, 5.41) is 5.32. The van der Waals surface area contributed by atoms with Crippen LogP contribution < -0.4 is 16.4 Å². The quantitative estimate of drug-likeness (QED) is 0.607. The van der Waals surface area contributed by atoms with Crippen LogP contribution in [0.3, 0.4) is 0 Å². The van der Waals surface area contributed by atoms with Gasteiger partial charge in [0.05, 0.1) is 11.6 Å². The number of rotatable bonds is 8. The summed E-state index contributed by atoms with van der Waals surface area (Å²) in [6.07, 6.45) is 0.702. The van der Waals surface area contributed by atoms with Crippen molar-refractivity contribution >= 4 is 23.6 Å². The summed E-state index contributed by atoms with van der Waals surface area (Å²) in [6.45, 7) is 3.56. The molecule has 0 saturated heterocycles. The maximum atomic E-state index is 12.5. The second-order valence-corrected chi connectivity index (χ2v) is 6.38. The van der Waals surface area contributed by atoms with Crippen LogP contribution >= 0.6 is 0 Å². The molecular formula is C21H25N3O4. The Morgan fingerprint density at radius 1 is 1.07 bits per heavy atom. The minimum atomic E-state index is -0.969. The van der Waals surface area contributed by atoms with E-state index in [-0.39, 0.29) is 17.5 Å². The van der Waals surface area contributed by atoms with Crippen LogP contribution in [0.15, 0.2) is 54.6 Å². The largest absolute Gasteiger partial charge is 0.449 e. The monoisotopic (exact) mass is 383 g/mol. The van der Waals surface area contributed by atoms with Crippen molar-refractivity contribution in [2.45, 2.75) is 38.8 Å². The van der Waals surface area contributed by atoms with Gasteiger partial charge in [-0.25, -0.2) is 9.59 Å². The first-order chi connectivity index (χ1) is 13.4. The SMILES string of the molecule is CCC[C@H](NC(=O)[C@@H](C)OC(=O)c1cccc(NC(N)=O)c1)c1ccccc1. The Kier molecular flexibility index (Phi) is 7.56. The zero-order valence-corrected chi connectivity index (χ0v) is 16.0. The number of esters is 1. The molecule has 0 saturated carbocycles. The van der Waals surface area contributed by atoms with Crippen molar-refractivity contribution in [2.24, 2.45) is 5.73 Å². The van der Waals surface area contributed by atoms with E-state index in [0.717, 1.165) is 18.4 Å². The molecule has 0 unspecified atom stereocenters. The number of nitrogens with one attached hydrogen (secondary N) is 2. The molecule has 2 aromatic rings. The van der Waals surface area contributed by atoms with E-state index in [0.29, 0.717) is 5.69 Å². The van der Waals surface area contributed by atoms with Gasteiger partial charge in [-0.1, -0.05) is 49.7 Å². The molecule has 28 heavy (non-hydrogen) atoms. The van der Waals surface area contributed by atoms with E-state index < -0.39 is 18.1 Å². The molecule has 0 aliphatic rings. The van der Waals surface area contributed by atoms with Crippen molar-refractivity contribution in [1.29, 1.82) is 0 Å². The Morgan fingerprint density at radius 3 is 2.43 bits per heavy atom. The first kappa shape index (κ1) is 21.0. The van der Waals surface area contributed by atoms with Gasteiger partial charge in [-0.05, 0) is 37.1 Å². The highest BCUT2D eigenvalue weighted by atomic mass is 16.5. The van der Waals surface area contributed by atoms with Gasteiger partial charge in [0.2, 0.25) is 0 Å². The number of carbonyl (C=O) groups excluding carboxylic acids is 3. The van der Waals surface area contributed by atoms with Gasteiger partial charge in [-0.2, -0.15) is 0 Å². The third-order valence-corrected chi connectivity index (χ3v) is 4.11. The van der Waals surface area contributed by atoms with E-state index in [9.17, 15) is 14.4 Å². The molecule has 3 amide bonds. The van der Waals surface area contributed by atoms with Crippen LogP contribution in [-0.2, 0) is 9.53 Å². The van der Waals surface area contributed by atoms with Crippen LogP contribution in [0.2, 0.25) is 0 Å². The zero-order chi connectivity index (χ0) is 20.5. The number of ether oxygens (including phenoxy) is 1. The van der Waals surface area contributed by atoms with E-state index in [1.54, 1.807) is 12.1 Å². The van der Waals surface area contributed by atoms with Gasteiger partial charge in [0, 0.05) is 5.69 Å². The predicted molar refractivity (Wildman–Crippen MR) is 107 cm³/mol. The third-order valence-electron chi connectivity index (χ3n) is 4.11. The lowest BCUT2D eigenvalue weighted by Gasteiger charge is -2.21. The minimum absolute atomic E-state index is 0.150. The molecule has 7 nitrogen and oxygen atoms in total. The van der Waals surface area contributed by atoms with Crippen LogP contribution in [0.5, 0.6) is 0 Å². The smallest absolute Gasteiger partial charge is 0.338 e. The molecule has 4 N–H and O–H groups in total. The van der Waals surface area contributed by atoms with E-state index in [1.807, 2.05) is 37.3 Å². The first-order valence-electron chi connectivity index (χ1n) is 9.13. The summed E-state index contributed by atoms with van der Waals surface area (Å²) < 4.78 is 5.28. The Bertz CT molecular complexity index is 823. The topological polar surface area (TPSA) is 111 Å². The fraction of sp³-hybridized carbons (Fsp3) is 0.286. The van der Waals surface area contributed by atoms with Crippen LogP contribution in [0.4, 0.5) is 10.5 Å². The number of nitrogens with two attached hydrogens (primary N) is 1. The molecule has 148 valence electrons. The molecule has 0 aliphatic heterocycles. The number of anilines is 1. The van der Waals surface area contributed by atoms with E-state index in [2.05, 4.69) is 10.6 Å². The van der Waals surface area contributed by atoms with Crippen molar-refractivity contribution in [3.63, 3.8) is 0 Å². The van der Waals surface area contributed by atoms with Gasteiger partial charge in [-0.3, -0.25) is 4.79 Å². The van der Waals surface area contributed by atoms with Gasteiger partial charge < -0.3 is 21.1 Å². The number of amides is 3. The minimum Gasteiger partial charge on any atom is -0.449 e. The molecule has 0 fully saturated rings. The molecule has 2 atom stereocenters. The molecule has 0 spiro atoms. The normalized spacial score (nSPS) is 12.5. The Hall–Kier alpha value is -3.35. The molecule has 0 heterocycles. The summed E-state index contributed by atoms with van der Waals surface area (Å²) in [5.41, 5.74) is 6.65. The molecule has 0 aliphatic carbocycles. The molecular weight excluding hydrogens is 358 g/mol. The van der Waals surface area contributed by atoms with Gasteiger partial charge in [-0.15, -0.1) is 0 Å². The van der Waals surface area contributed by atoms with E-state index in [1.165, 1.54) is 19.1 Å². The molecule has 2 rings (SSSR count). The highest BCUT2D eigenvalue weighted by Gasteiger charge is 2.22. The van der Waals surface area contributed by atoms with Crippen LogP contribution in [0, 0.1) is 0 Å². The molecule has 2 aromatic carbocycles. The fourth-order valence-electron chi connectivity index (χ4n) is 2.73. The van der Waals surface area contributed by atoms with Crippen molar-refractivity contribution in [3.05, 3.63) is 65.7 Å². The average molecular weight is 383 g/mol. The number of primary amides is 1. The second kappa shape index (κ2) is 10.1. The zero-order valence-electron chi connectivity index (χ0n) is 16.0. The number of benzene rings is 2. The molecule has 0 aromatic heterocycles. The summed E-state index contributed by atoms with van der Waals surface area (Å²) >= 11 is 0. The fourth-order valence-corrected chi connectivity index (χ4v) is 2.73. The average Bonchev–Trinajstić information content (AvgIpc) is 2.67. The van der Waals surface area contributed by atoms with Gasteiger partial charge in [0.25, 0.3) is 5.91 Å². The van der Waals surface area contributed by atoms with Crippen LogP contribution in [0.25, 0.3) is 0 Å². The first-order valence-corrected chi connectivity index (χ1v) is 9.13. The summed E-state index contributed by atoms with van der Waals surface area (Å²) in [4.78, 5) is 35.8. The second-order valence-electron chi connectivity index (χ2n) is 6.38. The summed E-state index contributed by atoms with van der Waals surface area (Å²) in [6, 6.07) is 14.9. The predicted octanol–water partition coefficient (Wildman–Crippen LogP) is 3.38. The maximum absolute atomic E-state index is 12.5. The van der Waals surface area contributed by atoms with Crippen LogP contribution in [0.1, 0.15) is 48.7 Å². The van der Waals surface area contributed by atoms with Crippen molar-refractivity contribution in [1.82, 2.24) is 5.32 Å². The number of hydrogen-bond donors (Lipinski definition) is 3. The highest BCUT2D eigenvalue weighted by Crippen LogP contribution is 2.19. The molecule has 0 bridgehead atoms. The summed E-state index contributed by atoms with van der Waals surface area (Å²) in [7, 11) is 0. The number of urea groups is 1. The third kappa shape index (κ3) is 6.12. The van der Waals surface area contributed by atoms with Crippen molar-refractivity contribution in [2.75, 3.05) is 5.32 Å². The van der Waals surface area contributed by atoms with Crippen molar-refractivity contribution < 1.29 is 19.1 Å². The lowest BCUT2D eigenvalue weighted by atomic mass is 10.0. The Morgan fingerprint density at radius 2 is 1.79 bits per heavy atom. The number of carbonyl (C=O) groups is 3. The lowest BCUT2D eigenvalue weighted by molar-refractivity contribution is -0.129. The summed E-state index contributed by atoms with van der Waals surface area (Å²) in [5.74, 6) is -1.04. The van der Waals surface area contributed by atoms with Gasteiger partial charge >= 0.3 is 12.0 Å². The van der Waals surface area contributed by atoms with Gasteiger partial charge in [0.1, 0.15) is 0 Å². The van der Waals surface area contributed by atoms with E-state index in [4.69, 9.17) is 10.5 Å². The Labute approximate surface area is 164 Å². The van der Waals surface area contributed by atoms with Crippen LogP contribution in [-0.4, -0.2) is 24.0 Å². The molecule has 7 heteroatoms. The maximum Gasteiger partial charge on any atom is 0.338 e. The number of hydrogen-bond acceptors (Lipinski definition) is 4. The lowest BCUT2D eigenvalue weighted by Crippen LogP contribution is -2.38. The molecule has 0 radical (unpaired) electrons. The standard InChI is InChI=1S/C21H25N3O4/c1-3-8-18(15-9-5-4-6-10-15)24-19(25)14(2)28-20(26)16-11-7-12-17(13-16)23-21(22)27/h4-7,9-14,18H,3,8H2,1-2H3,(H,24,25)(H3,22,23,27)/t14-,18+/m1/s1.